The largest absolute Gasteiger partial charge is 0.457 e. The molecule has 3 aromatic carbocycles. The minimum atomic E-state index is -3.30. The fourth-order valence-corrected chi connectivity index (χ4v) is 3.97. The Morgan fingerprint density at radius 2 is 1.53 bits per heavy atom. The molecule has 0 aliphatic heterocycles. The number of hydrogen-bond donors (Lipinski definition) is 2. The minimum Gasteiger partial charge on any atom is -0.457 e. The number of para-hydroxylation sites is 1. The Morgan fingerprint density at radius 1 is 0.900 bits per heavy atom. The predicted molar refractivity (Wildman–Crippen MR) is 132 cm³/mol. The first-order valence-electron chi connectivity index (χ1n) is 9.21. The van der Waals surface area contributed by atoms with Gasteiger partial charge in [0, 0.05) is 18.3 Å². The summed E-state index contributed by atoms with van der Waals surface area (Å²) in [5.74, 6) is 1.65. The van der Waals surface area contributed by atoms with Crippen molar-refractivity contribution in [3.8, 4) is 11.5 Å². The van der Waals surface area contributed by atoms with Crippen molar-refractivity contribution in [2.75, 3.05) is 17.6 Å². The molecule has 6 nitrogen and oxygen atoms in total. The van der Waals surface area contributed by atoms with Crippen LogP contribution in [0.2, 0.25) is 0 Å². The molecule has 30 heavy (non-hydrogen) atoms. The molecule has 158 valence electrons. The molecule has 0 saturated carbocycles. The summed E-state index contributed by atoms with van der Waals surface area (Å²) >= 11 is 0. The van der Waals surface area contributed by atoms with Crippen LogP contribution in [0.25, 0.3) is 0 Å². The lowest BCUT2D eigenvalue weighted by atomic mass is 10.3. The third kappa shape index (κ3) is 7.34. The van der Waals surface area contributed by atoms with Crippen molar-refractivity contribution in [1.29, 1.82) is 0 Å². The number of sulfone groups is 1. The van der Waals surface area contributed by atoms with Crippen LogP contribution in [0.15, 0.2) is 94.8 Å². The Labute approximate surface area is 194 Å². The van der Waals surface area contributed by atoms with E-state index in [0.717, 1.165) is 11.4 Å². The fourth-order valence-electron chi connectivity index (χ4n) is 2.65. The zero-order chi connectivity index (χ0) is 20.5. The first-order valence-corrected chi connectivity index (χ1v) is 10.9. The van der Waals surface area contributed by atoms with Crippen LogP contribution in [-0.2, 0) is 9.84 Å². The van der Waals surface area contributed by atoms with E-state index in [0.29, 0.717) is 23.6 Å². The van der Waals surface area contributed by atoms with E-state index in [1.807, 2.05) is 54.6 Å². The molecule has 3 rings (SSSR count). The maximum atomic E-state index is 12.2. The molecule has 3 aromatic rings. The minimum absolute atomic E-state index is 0. The van der Waals surface area contributed by atoms with E-state index in [1.54, 1.807) is 30.3 Å². The number of hydrogen-bond acceptors (Lipinski definition) is 4. The zero-order valence-electron chi connectivity index (χ0n) is 16.3. The molecule has 0 heterocycles. The molecule has 0 bridgehead atoms. The van der Waals surface area contributed by atoms with Crippen LogP contribution in [0.5, 0.6) is 11.5 Å². The highest BCUT2D eigenvalue weighted by atomic mass is 127. The van der Waals surface area contributed by atoms with Crippen LogP contribution < -0.4 is 15.8 Å². The Balaban J connectivity index is 0.00000320. The average Bonchev–Trinajstić information content (AvgIpc) is 2.73. The number of benzene rings is 3. The summed E-state index contributed by atoms with van der Waals surface area (Å²) in [4.78, 5) is 4.53. The maximum absolute atomic E-state index is 12.2. The number of ether oxygens (including phenoxy) is 1. The third-order valence-corrected chi connectivity index (χ3v) is 5.86. The molecule has 0 amide bonds. The molecule has 0 saturated heterocycles. The van der Waals surface area contributed by atoms with Gasteiger partial charge in [-0.1, -0.05) is 42.5 Å². The quantitative estimate of drug-likeness (QED) is 0.188. The summed E-state index contributed by atoms with van der Waals surface area (Å²) in [5, 5.41) is 3.00. The smallest absolute Gasteiger partial charge is 0.193 e. The number of nitrogens with one attached hydrogen (secondary N) is 1. The topological polar surface area (TPSA) is 93.8 Å². The second-order valence-electron chi connectivity index (χ2n) is 6.32. The molecule has 3 N–H and O–H groups in total. The molecule has 0 aliphatic carbocycles. The van der Waals surface area contributed by atoms with E-state index in [1.165, 1.54) is 0 Å². The Kier molecular flexibility index (Phi) is 9.13. The van der Waals surface area contributed by atoms with Gasteiger partial charge in [0.15, 0.2) is 15.8 Å². The summed E-state index contributed by atoms with van der Waals surface area (Å²) < 4.78 is 30.3. The van der Waals surface area contributed by atoms with Crippen molar-refractivity contribution in [1.82, 2.24) is 0 Å². The summed E-state index contributed by atoms with van der Waals surface area (Å²) in [5.41, 5.74) is 6.65. The summed E-state index contributed by atoms with van der Waals surface area (Å²) in [7, 11) is -3.30. The number of guanidine groups is 1. The standard InChI is InChI=1S/C22H23N3O3S.HI/c23-22(24-15-8-16-29(26,27)21-13-5-2-6-14-21)25-18-9-7-12-20(17-18)28-19-10-3-1-4-11-19;/h1-7,9-14,17H,8,15-16H2,(H3,23,24,25);1H. The van der Waals surface area contributed by atoms with Crippen LogP contribution >= 0.6 is 24.0 Å². The van der Waals surface area contributed by atoms with Crippen molar-refractivity contribution in [3.63, 3.8) is 0 Å². The van der Waals surface area contributed by atoms with Gasteiger partial charge >= 0.3 is 0 Å². The second-order valence-corrected chi connectivity index (χ2v) is 8.43. The molecule has 0 atom stereocenters. The van der Waals surface area contributed by atoms with Crippen LogP contribution in [0.1, 0.15) is 6.42 Å². The molecular weight excluding hydrogens is 513 g/mol. The van der Waals surface area contributed by atoms with Gasteiger partial charge in [-0.15, -0.1) is 24.0 Å². The highest BCUT2D eigenvalue weighted by molar-refractivity contribution is 14.0. The number of nitrogens with zero attached hydrogens (tertiary/aromatic N) is 1. The Hall–Kier alpha value is -2.59. The van der Waals surface area contributed by atoms with E-state index in [-0.39, 0.29) is 35.7 Å². The second kappa shape index (κ2) is 11.6. The van der Waals surface area contributed by atoms with Gasteiger partial charge in [0.25, 0.3) is 0 Å². The normalized spacial score (nSPS) is 11.4. The van der Waals surface area contributed by atoms with Gasteiger partial charge in [0.05, 0.1) is 10.6 Å². The number of anilines is 1. The average molecular weight is 537 g/mol. The molecule has 0 radical (unpaired) electrons. The van der Waals surface area contributed by atoms with Gasteiger partial charge in [0.2, 0.25) is 0 Å². The Bertz CT molecular complexity index is 1060. The van der Waals surface area contributed by atoms with E-state index < -0.39 is 9.84 Å². The fraction of sp³-hybridized carbons (Fsp3) is 0.136. The van der Waals surface area contributed by atoms with Crippen LogP contribution in [0.3, 0.4) is 0 Å². The number of nitrogens with two attached hydrogens (primary N) is 1. The zero-order valence-corrected chi connectivity index (χ0v) is 19.4. The van der Waals surface area contributed by atoms with E-state index in [2.05, 4.69) is 10.3 Å². The van der Waals surface area contributed by atoms with Gasteiger partial charge in [-0.2, -0.15) is 0 Å². The first-order chi connectivity index (χ1) is 14.0. The molecule has 0 aliphatic rings. The van der Waals surface area contributed by atoms with Crippen molar-refractivity contribution >= 4 is 45.5 Å². The lowest BCUT2D eigenvalue weighted by molar-refractivity contribution is 0.483. The predicted octanol–water partition coefficient (Wildman–Crippen LogP) is 4.69. The highest BCUT2D eigenvalue weighted by Gasteiger charge is 2.12. The molecular formula is C22H24IN3O3S. The maximum Gasteiger partial charge on any atom is 0.193 e. The molecule has 0 aromatic heterocycles. The summed E-state index contributed by atoms with van der Waals surface area (Å²) in [6, 6.07) is 25.2. The van der Waals surface area contributed by atoms with Crippen molar-refractivity contribution in [2.45, 2.75) is 11.3 Å². The lowest BCUT2D eigenvalue weighted by Crippen LogP contribution is -2.23. The molecule has 8 heteroatoms. The lowest BCUT2D eigenvalue weighted by Gasteiger charge is -2.09. The monoisotopic (exact) mass is 537 g/mol. The van der Waals surface area contributed by atoms with Crippen LogP contribution in [0, 0.1) is 0 Å². The highest BCUT2D eigenvalue weighted by Crippen LogP contribution is 2.23. The van der Waals surface area contributed by atoms with E-state index in [9.17, 15) is 8.42 Å². The molecule has 0 fully saturated rings. The van der Waals surface area contributed by atoms with Gasteiger partial charge in [-0.05, 0) is 42.8 Å². The third-order valence-electron chi connectivity index (χ3n) is 4.04. The van der Waals surface area contributed by atoms with Crippen molar-refractivity contribution in [2.24, 2.45) is 10.7 Å². The van der Waals surface area contributed by atoms with Gasteiger partial charge < -0.3 is 15.8 Å². The number of halogens is 1. The van der Waals surface area contributed by atoms with Gasteiger partial charge in [-0.3, -0.25) is 4.99 Å². The van der Waals surface area contributed by atoms with Crippen LogP contribution in [-0.4, -0.2) is 26.7 Å². The molecule has 0 spiro atoms. The van der Waals surface area contributed by atoms with Gasteiger partial charge in [-0.25, -0.2) is 8.42 Å². The number of aliphatic imine (C=N–C) groups is 1. The number of rotatable bonds is 8. The van der Waals surface area contributed by atoms with Gasteiger partial charge in [0.1, 0.15) is 11.5 Å². The van der Waals surface area contributed by atoms with E-state index in [4.69, 9.17) is 10.5 Å². The Morgan fingerprint density at radius 3 is 2.23 bits per heavy atom. The molecule has 0 unspecified atom stereocenters. The van der Waals surface area contributed by atoms with Crippen molar-refractivity contribution < 1.29 is 13.2 Å². The SMILES string of the molecule is I.NC(=NCCCS(=O)(=O)c1ccccc1)Nc1cccc(Oc2ccccc2)c1. The summed E-state index contributed by atoms with van der Waals surface area (Å²) in [6.45, 7) is 0.311. The van der Waals surface area contributed by atoms with Crippen molar-refractivity contribution in [3.05, 3.63) is 84.9 Å². The summed E-state index contributed by atoms with van der Waals surface area (Å²) in [6.07, 6.45) is 0.386. The van der Waals surface area contributed by atoms with Crippen LogP contribution in [0.4, 0.5) is 5.69 Å². The van der Waals surface area contributed by atoms with E-state index >= 15 is 0 Å². The first kappa shape index (κ1) is 23.7.